The van der Waals surface area contributed by atoms with E-state index in [0.717, 1.165) is 16.1 Å². The Morgan fingerprint density at radius 2 is 2.30 bits per heavy atom. The number of anilines is 1. The molecule has 0 unspecified atom stereocenters. The van der Waals surface area contributed by atoms with E-state index >= 15 is 0 Å². The van der Waals surface area contributed by atoms with Gasteiger partial charge in [-0.3, -0.25) is 14.9 Å². The summed E-state index contributed by atoms with van der Waals surface area (Å²) in [5.41, 5.74) is 0.388. The molecule has 3 aromatic heterocycles. The first kappa shape index (κ1) is 15.3. The van der Waals surface area contributed by atoms with E-state index in [1.165, 1.54) is 23.1 Å². The maximum Gasteiger partial charge on any atom is 0.331 e. The first-order valence-electron chi connectivity index (χ1n) is 6.49. The Kier molecular flexibility index (Phi) is 4.17. The number of thiazole rings is 1. The molecule has 0 spiro atoms. The number of aromatic nitrogens is 3. The zero-order valence-corrected chi connectivity index (χ0v) is 13.6. The molecular formula is C13H11N5O3S2. The lowest BCUT2D eigenvalue weighted by molar-refractivity contribution is -0.384. The van der Waals surface area contributed by atoms with E-state index < -0.39 is 4.92 Å². The van der Waals surface area contributed by atoms with Crippen LogP contribution in [0.3, 0.4) is 0 Å². The third-order valence-corrected chi connectivity index (χ3v) is 4.93. The van der Waals surface area contributed by atoms with Gasteiger partial charge in [0.15, 0.2) is 0 Å². The number of nitrogens with one attached hydrogen (secondary N) is 1. The van der Waals surface area contributed by atoms with Gasteiger partial charge in [0.05, 0.1) is 21.9 Å². The smallest absolute Gasteiger partial charge is 0.305 e. The van der Waals surface area contributed by atoms with Crippen molar-refractivity contribution in [3.8, 4) is 9.88 Å². The number of nitrogens with zero attached hydrogens (tertiary/aromatic N) is 4. The lowest BCUT2D eigenvalue weighted by atomic mass is 10.3. The Hall–Kier alpha value is -2.59. The Morgan fingerprint density at radius 3 is 3.00 bits per heavy atom. The zero-order valence-electron chi connectivity index (χ0n) is 11.9. The normalized spacial score (nSPS) is 10.7. The molecule has 1 amide bonds. The van der Waals surface area contributed by atoms with E-state index in [2.05, 4.69) is 15.4 Å². The number of hydrogen-bond donors (Lipinski definition) is 1. The van der Waals surface area contributed by atoms with Crippen molar-refractivity contribution in [2.75, 3.05) is 5.32 Å². The van der Waals surface area contributed by atoms with Gasteiger partial charge in [0.2, 0.25) is 11.7 Å². The Balaban J connectivity index is 1.71. The maximum absolute atomic E-state index is 12.1. The van der Waals surface area contributed by atoms with Crippen LogP contribution in [0.5, 0.6) is 0 Å². The number of carbonyl (C=O) groups excluding carboxylic acids is 1. The fourth-order valence-corrected chi connectivity index (χ4v) is 3.58. The van der Waals surface area contributed by atoms with E-state index in [-0.39, 0.29) is 23.8 Å². The lowest BCUT2D eigenvalue weighted by Crippen LogP contribution is -2.17. The third-order valence-electron chi connectivity index (χ3n) is 3.00. The standard InChI is InChI=1S/C13H11N5O3S2/c1-17-12(9(6-14-17)18(20)21)16-11(19)5-8-7-23-13(15-8)10-3-2-4-22-10/h2-4,6-7H,5H2,1H3,(H,16,19). The topological polar surface area (TPSA) is 103 Å². The van der Waals surface area contributed by atoms with Gasteiger partial charge in [0, 0.05) is 12.4 Å². The van der Waals surface area contributed by atoms with E-state index in [0.29, 0.717) is 5.69 Å². The third kappa shape index (κ3) is 3.27. The fraction of sp³-hybridized carbons (Fsp3) is 0.154. The van der Waals surface area contributed by atoms with Crippen molar-refractivity contribution in [2.24, 2.45) is 7.05 Å². The molecule has 0 aliphatic heterocycles. The lowest BCUT2D eigenvalue weighted by Gasteiger charge is -2.03. The molecule has 0 aromatic carbocycles. The van der Waals surface area contributed by atoms with Crippen LogP contribution >= 0.6 is 22.7 Å². The van der Waals surface area contributed by atoms with Crippen molar-refractivity contribution in [3.05, 3.63) is 44.9 Å². The summed E-state index contributed by atoms with van der Waals surface area (Å²) in [7, 11) is 1.53. The number of amides is 1. The maximum atomic E-state index is 12.1. The zero-order chi connectivity index (χ0) is 16.4. The second-order valence-electron chi connectivity index (χ2n) is 4.61. The molecule has 3 rings (SSSR count). The minimum Gasteiger partial charge on any atom is -0.305 e. The van der Waals surface area contributed by atoms with Crippen molar-refractivity contribution in [1.82, 2.24) is 14.8 Å². The van der Waals surface area contributed by atoms with Gasteiger partial charge in [-0.25, -0.2) is 9.67 Å². The van der Waals surface area contributed by atoms with Crippen molar-refractivity contribution in [1.29, 1.82) is 0 Å². The van der Waals surface area contributed by atoms with Crippen LogP contribution in [0.1, 0.15) is 5.69 Å². The van der Waals surface area contributed by atoms with Crippen LogP contribution in [0.15, 0.2) is 29.1 Å². The van der Waals surface area contributed by atoms with Crippen molar-refractivity contribution in [2.45, 2.75) is 6.42 Å². The number of rotatable bonds is 5. The quantitative estimate of drug-likeness (QED) is 0.563. The molecule has 10 heteroatoms. The summed E-state index contributed by atoms with van der Waals surface area (Å²) in [5.74, 6) is -0.312. The highest BCUT2D eigenvalue weighted by atomic mass is 32.1. The number of thiophene rings is 1. The molecule has 23 heavy (non-hydrogen) atoms. The van der Waals surface area contributed by atoms with Gasteiger partial charge in [0.25, 0.3) is 0 Å². The molecule has 8 nitrogen and oxygen atoms in total. The molecule has 1 N–H and O–H groups in total. The van der Waals surface area contributed by atoms with Crippen LogP contribution in [0.25, 0.3) is 9.88 Å². The summed E-state index contributed by atoms with van der Waals surface area (Å²) >= 11 is 3.04. The Bertz CT molecular complexity index is 853. The Labute approximate surface area is 138 Å². The molecule has 0 bridgehead atoms. The van der Waals surface area contributed by atoms with Crippen LogP contribution in [0.2, 0.25) is 0 Å². The fourth-order valence-electron chi connectivity index (χ4n) is 1.95. The highest BCUT2D eigenvalue weighted by molar-refractivity contribution is 7.20. The van der Waals surface area contributed by atoms with Crippen molar-refractivity contribution >= 4 is 40.1 Å². The Morgan fingerprint density at radius 1 is 1.48 bits per heavy atom. The highest BCUT2D eigenvalue weighted by Gasteiger charge is 2.21. The molecule has 3 heterocycles. The monoisotopic (exact) mass is 349 g/mol. The average molecular weight is 349 g/mol. The van der Waals surface area contributed by atoms with Crippen LogP contribution in [-0.4, -0.2) is 25.6 Å². The van der Waals surface area contributed by atoms with Gasteiger partial charge >= 0.3 is 5.69 Å². The molecule has 3 aromatic rings. The molecule has 0 aliphatic rings. The summed E-state index contributed by atoms with van der Waals surface area (Å²) in [6.45, 7) is 0. The van der Waals surface area contributed by atoms with Gasteiger partial charge in [-0.2, -0.15) is 5.10 Å². The predicted molar refractivity (Wildman–Crippen MR) is 87.6 cm³/mol. The van der Waals surface area contributed by atoms with Crippen LogP contribution in [0.4, 0.5) is 11.5 Å². The second-order valence-corrected chi connectivity index (χ2v) is 6.41. The molecular weight excluding hydrogens is 338 g/mol. The van der Waals surface area contributed by atoms with E-state index in [1.54, 1.807) is 11.3 Å². The number of aryl methyl sites for hydroxylation is 1. The molecule has 118 valence electrons. The van der Waals surface area contributed by atoms with Crippen molar-refractivity contribution < 1.29 is 9.72 Å². The van der Waals surface area contributed by atoms with Gasteiger partial charge in [-0.05, 0) is 11.4 Å². The molecule has 0 atom stereocenters. The minimum atomic E-state index is -0.583. The van der Waals surface area contributed by atoms with E-state index in [9.17, 15) is 14.9 Å². The molecule has 0 fully saturated rings. The number of nitro groups is 1. The highest BCUT2D eigenvalue weighted by Crippen LogP contribution is 2.28. The summed E-state index contributed by atoms with van der Waals surface area (Å²) in [4.78, 5) is 27.9. The minimum absolute atomic E-state index is 0.0458. The largest absolute Gasteiger partial charge is 0.331 e. The van der Waals surface area contributed by atoms with Gasteiger partial charge in [0.1, 0.15) is 11.2 Å². The number of hydrogen-bond acceptors (Lipinski definition) is 7. The van der Waals surface area contributed by atoms with Gasteiger partial charge in [-0.15, -0.1) is 22.7 Å². The average Bonchev–Trinajstić information content (AvgIpc) is 3.20. The SMILES string of the molecule is Cn1ncc([N+](=O)[O-])c1NC(=O)Cc1csc(-c2cccs2)n1. The number of carbonyl (C=O) groups is 1. The van der Waals surface area contributed by atoms with Crippen LogP contribution in [-0.2, 0) is 18.3 Å². The van der Waals surface area contributed by atoms with Gasteiger partial charge < -0.3 is 5.32 Å². The van der Waals surface area contributed by atoms with Gasteiger partial charge in [-0.1, -0.05) is 6.07 Å². The van der Waals surface area contributed by atoms with E-state index in [4.69, 9.17) is 0 Å². The van der Waals surface area contributed by atoms with E-state index in [1.807, 2.05) is 22.9 Å². The molecule has 0 radical (unpaired) electrons. The van der Waals surface area contributed by atoms with Crippen molar-refractivity contribution in [3.63, 3.8) is 0 Å². The first-order valence-corrected chi connectivity index (χ1v) is 8.25. The first-order chi connectivity index (χ1) is 11.0. The summed E-state index contributed by atoms with van der Waals surface area (Å²) in [6, 6.07) is 3.90. The molecule has 0 aliphatic carbocycles. The summed E-state index contributed by atoms with van der Waals surface area (Å²) in [6.07, 6.45) is 1.15. The predicted octanol–water partition coefficient (Wildman–Crippen LogP) is 2.69. The summed E-state index contributed by atoms with van der Waals surface area (Å²) < 4.78 is 1.26. The van der Waals surface area contributed by atoms with Crippen LogP contribution in [0, 0.1) is 10.1 Å². The second kappa shape index (κ2) is 6.26. The molecule has 0 saturated carbocycles. The molecule has 0 saturated heterocycles. The van der Waals surface area contributed by atoms with Crippen LogP contribution < -0.4 is 5.32 Å². The summed E-state index contributed by atoms with van der Waals surface area (Å²) in [5, 5.41) is 21.8.